The quantitative estimate of drug-likeness (QED) is 0.736. The van der Waals surface area contributed by atoms with Crippen molar-refractivity contribution in [1.82, 2.24) is 10.6 Å². The molecule has 1 aromatic carbocycles. The number of nitrogens with one attached hydrogen (secondary N) is 2. The molecule has 0 unspecified atom stereocenters. The van der Waals surface area contributed by atoms with Crippen LogP contribution in [0.5, 0.6) is 0 Å². The molecule has 126 valence electrons. The van der Waals surface area contributed by atoms with E-state index in [1.54, 1.807) is 0 Å². The number of carbonyl (C=O) groups is 3. The zero-order valence-corrected chi connectivity index (χ0v) is 14.0. The summed E-state index contributed by atoms with van der Waals surface area (Å²) in [5, 5.41) is 5.28. The number of hydrogen-bond donors (Lipinski definition) is 2. The van der Waals surface area contributed by atoms with Crippen LogP contribution >= 0.6 is 0 Å². The molecular formula is C17H24N2O4. The normalized spacial score (nSPS) is 13.1. The lowest BCUT2D eigenvalue weighted by Gasteiger charge is -2.24. The van der Waals surface area contributed by atoms with Crippen molar-refractivity contribution in [3.63, 3.8) is 0 Å². The molecule has 2 amide bonds. The van der Waals surface area contributed by atoms with Gasteiger partial charge in [0.1, 0.15) is 12.1 Å². The van der Waals surface area contributed by atoms with Crippen LogP contribution in [0.3, 0.4) is 0 Å². The second kappa shape index (κ2) is 8.92. The van der Waals surface area contributed by atoms with Crippen LogP contribution in [-0.4, -0.2) is 37.0 Å². The van der Waals surface area contributed by atoms with Gasteiger partial charge in [-0.3, -0.25) is 9.59 Å². The Bertz CT molecular complexity index is 543. The molecule has 2 N–H and O–H groups in total. The Kier molecular flexibility index (Phi) is 7.25. The average Bonchev–Trinajstić information content (AvgIpc) is 2.51. The number of hydrogen-bond acceptors (Lipinski definition) is 4. The first kappa shape index (κ1) is 18.7. The summed E-state index contributed by atoms with van der Waals surface area (Å²) in [4.78, 5) is 35.6. The van der Waals surface area contributed by atoms with Crippen LogP contribution in [0.25, 0.3) is 0 Å². The summed E-state index contributed by atoms with van der Waals surface area (Å²) >= 11 is 0. The van der Waals surface area contributed by atoms with Crippen LogP contribution in [-0.2, 0) is 25.5 Å². The Morgan fingerprint density at radius 1 is 1.09 bits per heavy atom. The highest BCUT2D eigenvalue weighted by Crippen LogP contribution is 2.07. The Labute approximate surface area is 136 Å². The predicted molar refractivity (Wildman–Crippen MR) is 86.5 cm³/mol. The first-order valence-corrected chi connectivity index (χ1v) is 7.54. The molecular weight excluding hydrogens is 296 g/mol. The Balaban J connectivity index is 2.85. The number of carbonyl (C=O) groups excluding carboxylic acids is 3. The number of methoxy groups -OCH3 is 1. The van der Waals surface area contributed by atoms with Crippen LogP contribution in [0.4, 0.5) is 0 Å². The van der Waals surface area contributed by atoms with Crippen molar-refractivity contribution in [2.24, 2.45) is 5.92 Å². The molecule has 0 bridgehead atoms. The fourth-order valence-corrected chi connectivity index (χ4v) is 2.20. The van der Waals surface area contributed by atoms with Crippen LogP contribution in [0.15, 0.2) is 30.3 Å². The molecule has 0 radical (unpaired) electrons. The third-order valence-corrected chi connectivity index (χ3v) is 3.39. The maximum atomic E-state index is 12.4. The lowest BCUT2D eigenvalue weighted by molar-refractivity contribution is -0.145. The Morgan fingerprint density at radius 3 is 2.17 bits per heavy atom. The number of ether oxygens (including phenoxy) is 1. The van der Waals surface area contributed by atoms with Crippen molar-refractivity contribution in [1.29, 1.82) is 0 Å². The highest BCUT2D eigenvalue weighted by molar-refractivity contribution is 5.90. The van der Waals surface area contributed by atoms with Gasteiger partial charge in [0.25, 0.3) is 0 Å². The maximum absolute atomic E-state index is 12.4. The van der Waals surface area contributed by atoms with E-state index in [0.717, 1.165) is 5.56 Å². The molecule has 2 atom stereocenters. The monoisotopic (exact) mass is 320 g/mol. The van der Waals surface area contributed by atoms with E-state index in [-0.39, 0.29) is 11.8 Å². The second-order valence-electron chi connectivity index (χ2n) is 5.70. The molecule has 6 heteroatoms. The van der Waals surface area contributed by atoms with E-state index in [9.17, 15) is 14.4 Å². The zero-order chi connectivity index (χ0) is 17.4. The topological polar surface area (TPSA) is 84.5 Å². The minimum atomic E-state index is -0.801. The molecule has 0 saturated carbocycles. The largest absolute Gasteiger partial charge is 0.467 e. The van der Waals surface area contributed by atoms with Crippen molar-refractivity contribution in [2.75, 3.05) is 7.11 Å². The van der Waals surface area contributed by atoms with Gasteiger partial charge in [0.15, 0.2) is 0 Å². The molecule has 23 heavy (non-hydrogen) atoms. The Morgan fingerprint density at radius 2 is 1.70 bits per heavy atom. The molecule has 6 nitrogen and oxygen atoms in total. The molecule has 1 aromatic rings. The average molecular weight is 320 g/mol. The molecule has 1 rings (SSSR count). The molecule has 0 heterocycles. The van der Waals surface area contributed by atoms with Gasteiger partial charge < -0.3 is 15.4 Å². The van der Waals surface area contributed by atoms with Gasteiger partial charge in [-0.25, -0.2) is 4.79 Å². The SMILES string of the molecule is COC(=O)[C@@H](Cc1ccccc1)NC(=O)[C@H](NC(C)=O)C(C)C. The van der Waals surface area contributed by atoms with Gasteiger partial charge in [-0.1, -0.05) is 44.2 Å². The summed E-state index contributed by atoms with van der Waals surface area (Å²) in [6.45, 7) is 5.00. The van der Waals surface area contributed by atoms with Gasteiger partial charge in [-0.05, 0) is 11.5 Å². The molecule has 0 aliphatic rings. The summed E-state index contributed by atoms with van der Waals surface area (Å²) < 4.78 is 4.77. The van der Waals surface area contributed by atoms with E-state index in [2.05, 4.69) is 10.6 Å². The van der Waals surface area contributed by atoms with Gasteiger partial charge >= 0.3 is 5.97 Å². The summed E-state index contributed by atoms with van der Waals surface area (Å²) in [5.41, 5.74) is 0.906. The van der Waals surface area contributed by atoms with E-state index < -0.39 is 24.0 Å². The number of benzene rings is 1. The standard InChI is InChI=1S/C17H24N2O4/c1-11(2)15(18-12(3)20)16(21)19-14(17(22)23-4)10-13-8-6-5-7-9-13/h5-9,11,14-15H,10H2,1-4H3,(H,18,20)(H,19,21)/t14-,15-/m1/s1. The lowest BCUT2D eigenvalue weighted by atomic mass is 10.0. The van der Waals surface area contributed by atoms with Crippen molar-refractivity contribution in [3.05, 3.63) is 35.9 Å². The molecule has 0 fully saturated rings. The number of amides is 2. The van der Waals surface area contributed by atoms with Crippen molar-refractivity contribution < 1.29 is 19.1 Å². The van der Waals surface area contributed by atoms with Gasteiger partial charge in [-0.15, -0.1) is 0 Å². The number of esters is 1. The summed E-state index contributed by atoms with van der Waals surface area (Å²) in [6, 6.07) is 7.84. The van der Waals surface area contributed by atoms with Crippen LogP contribution in [0, 0.1) is 5.92 Å². The molecule has 0 aromatic heterocycles. The van der Waals surface area contributed by atoms with Gasteiger partial charge in [0.05, 0.1) is 7.11 Å². The van der Waals surface area contributed by atoms with Gasteiger partial charge in [-0.2, -0.15) is 0 Å². The van der Waals surface area contributed by atoms with Gasteiger partial charge in [0.2, 0.25) is 11.8 Å². The fourth-order valence-electron chi connectivity index (χ4n) is 2.20. The van der Waals surface area contributed by atoms with Crippen LogP contribution in [0.1, 0.15) is 26.3 Å². The molecule has 0 saturated heterocycles. The van der Waals surface area contributed by atoms with E-state index >= 15 is 0 Å². The highest BCUT2D eigenvalue weighted by Gasteiger charge is 2.28. The summed E-state index contributed by atoms with van der Waals surface area (Å²) in [5.74, 6) is -1.32. The summed E-state index contributed by atoms with van der Waals surface area (Å²) in [6.07, 6.45) is 0.324. The van der Waals surface area contributed by atoms with Crippen LogP contribution < -0.4 is 10.6 Å². The van der Waals surface area contributed by atoms with Crippen LogP contribution in [0.2, 0.25) is 0 Å². The predicted octanol–water partition coefficient (Wildman–Crippen LogP) is 1.05. The third kappa shape index (κ3) is 6.10. The second-order valence-corrected chi connectivity index (χ2v) is 5.70. The minimum absolute atomic E-state index is 0.103. The fraction of sp³-hybridized carbons (Fsp3) is 0.471. The maximum Gasteiger partial charge on any atom is 0.328 e. The first-order valence-electron chi connectivity index (χ1n) is 7.54. The Hall–Kier alpha value is -2.37. The lowest BCUT2D eigenvalue weighted by Crippen LogP contribution is -2.54. The molecule has 0 spiro atoms. The summed E-state index contributed by atoms with van der Waals surface area (Å²) in [7, 11) is 1.28. The molecule has 0 aliphatic heterocycles. The highest BCUT2D eigenvalue weighted by atomic mass is 16.5. The van der Waals surface area contributed by atoms with Crippen molar-refractivity contribution >= 4 is 17.8 Å². The van der Waals surface area contributed by atoms with E-state index in [1.165, 1.54) is 14.0 Å². The van der Waals surface area contributed by atoms with E-state index in [4.69, 9.17) is 4.74 Å². The van der Waals surface area contributed by atoms with E-state index in [0.29, 0.717) is 6.42 Å². The third-order valence-electron chi connectivity index (χ3n) is 3.39. The molecule has 0 aliphatic carbocycles. The van der Waals surface area contributed by atoms with Crippen molar-refractivity contribution in [2.45, 2.75) is 39.3 Å². The van der Waals surface area contributed by atoms with Crippen molar-refractivity contribution in [3.8, 4) is 0 Å². The first-order chi connectivity index (χ1) is 10.8. The van der Waals surface area contributed by atoms with E-state index in [1.807, 2.05) is 44.2 Å². The van der Waals surface area contributed by atoms with Gasteiger partial charge in [0, 0.05) is 13.3 Å². The number of rotatable bonds is 7. The smallest absolute Gasteiger partial charge is 0.328 e. The zero-order valence-electron chi connectivity index (χ0n) is 14.0. The minimum Gasteiger partial charge on any atom is -0.467 e.